The van der Waals surface area contributed by atoms with Crippen LogP contribution in [0.4, 0.5) is 17.1 Å². The molecular weight excluding hydrogens is 300 g/mol. The van der Waals surface area contributed by atoms with Gasteiger partial charge in [0.2, 0.25) is 0 Å². The highest BCUT2D eigenvalue weighted by Crippen LogP contribution is 2.30. The van der Waals surface area contributed by atoms with Gasteiger partial charge in [0.1, 0.15) is 0 Å². The molecule has 0 amide bonds. The van der Waals surface area contributed by atoms with E-state index in [1.54, 1.807) is 0 Å². The molecule has 0 atom stereocenters. The molecule has 0 heterocycles. The van der Waals surface area contributed by atoms with E-state index in [9.17, 15) is 0 Å². The summed E-state index contributed by atoms with van der Waals surface area (Å²) in [5.74, 6) is 0. The van der Waals surface area contributed by atoms with E-state index in [0.717, 1.165) is 21.5 Å². The molecule has 0 spiro atoms. The van der Waals surface area contributed by atoms with Crippen molar-refractivity contribution in [2.75, 3.05) is 11.1 Å². The van der Waals surface area contributed by atoms with Gasteiger partial charge in [0, 0.05) is 15.5 Å². The lowest BCUT2D eigenvalue weighted by molar-refractivity contribution is 1.55. The zero-order valence-corrected chi connectivity index (χ0v) is 11.8. The quantitative estimate of drug-likeness (QED) is 0.658. The molecule has 2 nitrogen and oxygen atoms in total. The fourth-order valence-corrected chi connectivity index (χ4v) is 2.51. The Morgan fingerprint density at radius 2 is 1.63 bits per heavy atom. The van der Waals surface area contributed by atoms with Crippen LogP contribution in [0.1, 0.15) is 0 Å². The first-order chi connectivity index (χ1) is 9.24. The van der Waals surface area contributed by atoms with E-state index in [1.165, 1.54) is 10.8 Å². The minimum Gasteiger partial charge on any atom is -0.397 e. The van der Waals surface area contributed by atoms with Crippen LogP contribution in [0.25, 0.3) is 10.8 Å². The second-order valence-corrected chi connectivity index (χ2v) is 5.30. The maximum absolute atomic E-state index is 6.02. The number of rotatable bonds is 2. The molecule has 0 saturated heterocycles. The number of anilines is 3. The van der Waals surface area contributed by atoms with Crippen molar-refractivity contribution in [2.24, 2.45) is 0 Å². The van der Waals surface area contributed by atoms with Crippen molar-refractivity contribution in [3.05, 3.63) is 65.1 Å². The summed E-state index contributed by atoms with van der Waals surface area (Å²) in [6.07, 6.45) is 0. The Hall–Kier alpha value is -2.00. The molecule has 19 heavy (non-hydrogen) atoms. The molecule has 0 aliphatic heterocycles. The second kappa shape index (κ2) is 4.94. The predicted octanol–water partition coefficient (Wildman–Crippen LogP) is 4.93. The first kappa shape index (κ1) is 12.1. The molecule has 0 saturated carbocycles. The summed E-state index contributed by atoms with van der Waals surface area (Å²) in [5.41, 5.74) is 8.72. The van der Waals surface area contributed by atoms with Crippen LogP contribution in [-0.2, 0) is 0 Å². The normalized spacial score (nSPS) is 10.6. The van der Waals surface area contributed by atoms with Gasteiger partial charge in [-0.05, 0) is 29.7 Å². The van der Waals surface area contributed by atoms with Crippen LogP contribution in [0.5, 0.6) is 0 Å². The lowest BCUT2D eigenvalue weighted by Gasteiger charge is -2.12. The summed E-state index contributed by atoms with van der Waals surface area (Å²) in [6.45, 7) is 0. The van der Waals surface area contributed by atoms with Crippen molar-refractivity contribution in [3.63, 3.8) is 0 Å². The Bertz CT molecular complexity index is 732. The number of benzene rings is 3. The largest absolute Gasteiger partial charge is 0.397 e. The van der Waals surface area contributed by atoms with E-state index >= 15 is 0 Å². The molecule has 3 heteroatoms. The van der Waals surface area contributed by atoms with Gasteiger partial charge in [-0.15, -0.1) is 0 Å². The first-order valence-corrected chi connectivity index (χ1v) is 6.83. The summed E-state index contributed by atoms with van der Waals surface area (Å²) in [5, 5.41) is 5.80. The minimum atomic E-state index is 0.724. The monoisotopic (exact) mass is 312 g/mol. The lowest BCUT2D eigenvalue weighted by Crippen LogP contribution is -1.96. The Balaban J connectivity index is 2.06. The van der Waals surface area contributed by atoms with Gasteiger partial charge >= 0.3 is 0 Å². The number of nitrogens with one attached hydrogen (secondary N) is 1. The van der Waals surface area contributed by atoms with Crippen molar-refractivity contribution in [1.29, 1.82) is 0 Å². The zero-order valence-electron chi connectivity index (χ0n) is 10.2. The van der Waals surface area contributed by atoms with Gasteiger partial charge in [0.15, 0.2) is 0 Å². The standard InChI is InChI=1S/C16H13BrN2/c17-12-8-9-16(14(18)10-12)19-15-7-3-5-11-4-1-2-6-13(11)15/h1-10,19H,18H2. The molecule has 3 aromatic carbocycles. The van der Waals surface area contributed by atoms with Crippen LogP contribution >= 0.6 is 15.9 Å². The summed E-state index contributed by atoms with van der Waals surface area (Å²) in [4.78, 5) is 0. The van der Waals surface area contributed by atoms with Gasteiger partial charge in [0.05, 0.1) is 11.4 Å². The molecule has 0 aliphatic rings. The van der Waals surface area contributed by atoms with E-state index in [0.29, 0.717) is 0 Å². The van der Waals surface area contributed by atoms with Gasteiger partial charge in [-0.2, -0.15) is 0 Å². The van der Waals surface area contributed by atoms with Gasteiger partial charge in [-0.1, -0.05) is 52.3 Å². The van der Waals surface area contributed by atoms with E-state index in [1.807, 2.05) is 36.4 Å². The number of hydrogen-bond donors (Lipinski definition) is 2. The van der Waals surface area contributed by atoms with Crippen LogP contribution in [-0.4, -0.2) is 0 Å². The third-order valence-electron chi connectivity index (χ3n) is 3.07. The van der Waals surface area contributed by atoms with Crippen LogP contribution in [0.3, 0.4) is 0 Å². The number of nitrogen functional groups attached to an aromatic ring is 1. The number of halogens is 1. The second-order valence-electron chi connectivity index (χ2n) is 4.38. The maximum atomic E-state index is 6.02. The van der Waals surface area contributed by atoms with Crippen molar-refractivity contribution >= 4 is 43.8 Å². The maximum Gasteiger partial charge on any atom is 0.0618 e. The molecule has 3 aromatic rings. The van der Waals surface area contributed by atoms with Crippen molar-refractivity contribution in [2.45, 2.75) is 0 Å². The number of nitrogens with two attached hydrogens (primary N) is 1. The molecule has 0 aliphatic carbocycles. The van der Waals surface area contributed by atoms with Crippen LogP contribution in [0.15, 0.2) is 65.1 Å². The van der Waals surface area contributed by atoms with E-state index in [-0.39, 0.29) is 0 Å². The zero-order chi connectivity index (χ0) is 13.2. The van der Waals surface area contributed by atoms with Gasteiger partial charge < -0.3 is 11.1 Å². The molecule has 3 N–H and O–H groups in total. The average molecular weight is 313 g/mol. The van der Waals surface area contributed by atoms with E-state index in [4.69, 9.17) is 5.73 Å². The third kappa shape index (κ3) is 2.42. The van der Waals surface area contributed by atoms with Gasteiger partial charge in [-0.25, -0.2) is 0 Å². The predicted molar refractivity (Wildman–Crippen MR) is 85.8 cm³/mol. The number of hydrogen-bond acceptors (Lipinski definition) is 2. The Morgan fingerprint density at radius 3 is 2.47 bits per heavy atom. The Morgan fingerprint density at radius 1 is 0.842 bits per heavy atom. The first-order valence-electron chi connectivity index (χ1n) is 6.04. The van der Waals surface area contributed by atoms with Crippen LogP contribution < -0.4 is 11.1 Å². The summed E-state index contributed by atoms with van der Waals surface area (Å²) in [6, 6.07) is 20.3. The van der Waals surface area contributed by atoms with E-state index < -0.39 is 0 Å². The summed E-state index contributed by atoms with van der Waals surface area (Å²) < 4.78 is 0.980. The van der Waals surface area contributed by atoms with Crippen molar-refractivity contribution in [1.82, 2.24) is 0 Å². The molecule has 0 radical (unpaired) electrons. The summed E-state index contributed by atoms with van der Waals surface area (Å²) >= 11 is 3.41. The molecule has 0 fully saturated rings. The van der Waals surface area contributed by atoms with Crippen molar-refractivity contribution < 1.29 is 0 Å². The molecule has 0 bridgehead atoms. The highest BCUT2D eigenvalue weighted by Gasteiger charge is 2.03. The number of fused-ring (bicyclic) bond motifs is 1. The highest BCUT2D eigenvalue weighted by molar-refractivity contribution is 9.10. The van der Waals surface area contributed by atoms with Crippen LogP contribution in [0.2, 0.25) is 0 Å². The van der Waals surface area contributed by atoms with E-state index in [2.05, 4.69) is 45.5 Å². The molecule has 94 valence electrons. The molecule has 0 aromatic heterocycles. The fraction of sp³-hybridized carbons (Fsp3) is 0. The SMILES string of the molecule is Nc1cc(Br)ccc1Nc1cccc2ccccc12. The van der Waals surface area contributed by atoms with Gasteiger partial charge in [-0.3, -0.25) is 0 Å². The molecule has 3 rings (SSSR count). The Kier molecular flexibility index (Phi) is 3.13. The minimum absolute atomic E-state index is 0.724. The molecular formula is C16H13BrN2. The van der Waals surface area contributed by atoms with Crippen LogP contribution in [0, 0.1) is 0 Å². The summed E-state index contributed by atoms with van der Waals surface area (Å²) in [7, 11) is 0. The fourth-order valence-electron chi connectivity index (χ4n) is 2.13. The van der Waals surface area contributed by atoms with Crippen molar-refractivity contribution in [3.8, 4) is 0 Å². The molecule has 0 unspecified atom stereocenters. The highest BCUT2D eigenvalue weighted by atomic mass is 79.9. The third-order valence-corrected chi connectivity index (χ3v) is 3.57. The Labute approximate surface area is 120 Å². The topological polar surface area (TPSA) is 38.0 Å². The smallest absolute Gasteiger partial charge is 0.0618 e. The average Bonchev–Trinajstić information content (AvgIpc) is 2.42. The lowest BCUT2D eigenvalue weighted by atomic mass is 10.1. The van der Waals surface area contributed by atoms with Gasteiger partial charge in [0.25, 0.3) is 0 Å².